The summed E-state index contributed by atoms with van der Waals surface area (Å²) >= 11 is 0. The van der Waals surface area contributed by atoms with Crippen LogP contribution in [0.1, 0.15) is 16.1 Å². The maximum absolute atomic E-state index is 12.5. The largest absolute Gasteiger partial charge is 0.368 e. The zero-order valence-electron chi connectivity index (χ0n) is 15.5. The van der Waals surface area contributed by atoms with Crippen molar-refractivity contribution in [1.82, 2.24) is 20.3 Å². The number of hydrogen-bond donors (Lipinski definition) is 1. The fourth-order valence-corrected chi connectivity index (χ4v) is 3.23. The van der Waals surface area contributed by atoms with E-state index < -0.39 is 0 Å². The first-order chi connectivity index (χ1) is 13.8. The first-order valence-electron chi connectivity index (χ1n) is 9.35. The standard InChI is InChI=1S/C21H22N6O/c28-20(25-16-17-5-2-1-3-6-17)19-15-18(7-10-22-19)26-11-13-27(14-12-26)21-23-8-4-9-24-21/h1-10,15H,11-14,16H2,(H,25,28). The van der Waals surface area contributed by atoms with Gasteiger partial charge in [-0.25, -0.2) is 9.97 Å². The minimum absolute atomic E-state index is 0.165. The number of nitrogens with one attached hydrogen (secondary N) is 1. The van der Waals surface area contributed by atoms with E-state index in [1.165, 1.54) is 0 Å². The lowest BCUT2D eigenvalue weighted by molar-refractivity contribution is 0.0946. The van der Waals surface area contributed by atoms with Crippen LogP contribution in [-0.4, -0.2) is 47.0 Å². The third-order valence-corrected chi connectivity index (χ3v) is 4.75. The maximum Gasteiger partial charge on any atom is 0.270 e. The molecule has 28 heavy (non-hydrogen) atoms. The Hall–Kier alpha value is -3.48. The maximum atomic E-state index is 12.5. The smallest absolute Gasteiger partial charge is 0.270 e. The highest BCUT2D eigenvalue weighted by Gasteiger charge is 2.20. The molecule has 3 aromatic rings. The molecule has 1 amide bonds. The van der Waals surface area contributed by atoms with Gasteiger partial charge >= 0.3 is 0 Å². The molecule has 1 aromatic carbocycles. The Morgan fingerprint density at radius 2 is 1.57 bits per heavy atom. The highest BCUT2D eigenvalue weighted by atomic mass is 16.1. The molecule has 0 atom stereocenters. The number of hydrogen-bond acceptors (Lipinski definition) is 6. The molecule has 0 spiro atoms. The van der Waals surface area contributed by atoms with Gasteiger partial charge in [0.15, 0.2) is 0 Å². The minimum Gasteiger partial charge on any atom is -0.368 e. The predicted molar refractivity (Wildman–Crippen MR) is 108 cm³/mol. The van der Waals surface area contributed by atoms with Crippen LogP contribution in [0.25, 0.3) is 0 Å². The van der Waals surface area contributed by atoms with Crippen LogP contribution in [0, 0.1) is 0 Å². The Labute approximate surface area is 164 Å². The average molecular weight is 374 g/mol. The second-order valence-corrected chi connectivity index (χ2v) is 6.59. The fourth-order valence-electron chi connectivity index (χ4n) is 3.23. The summed E-state index contributed by atoms with van der Waals surface area (Å²) in [5.41, 5.74) is 2.50. The molecule has 1 aliphatic heterocycles. The minimum atomic E-state index is -0.165. The summed E-state index contributed by atoms with van der Waals surface area (Å²) in [6, 6.07) is 15.5. The molecule has 0 aliphatic carbocycles. The van der Waals surface area contributed by atoms with Crippen LogP contribution in [0.5, 0.6) is 0 Å². The summed E-state index contributed by atoms with van der Waals surface area (Å²) in [7, 11) is 0. The number of nitrogens with zero attached hydrogens (tertiary/aromatic N) is 5. The summed E-state index contributed by atoms with van der Waals surface area (Å²) in [6.07, 6.45) is 5.22. The first kappa shape index (κ1) is 17.9. The van der Waals surface area contributed by atoms with Crippen LogP contribution in [-0.2, 0) is 6.54 Å². The van der Waals surface area contributed by atoms with Crippen LogP contribution < -0.4 is 15.1 Å². The lowest BCUT2D eigenvalue weighted by Gasteiger charge is -2.36. The van der Waals surface area contributed by atoms with Gasteiger partial charge in [0, 0.05) is 57.0 Å². The van der Waals surface area contributed by atoms with Gasteiger partial charge in [-0.3, -0.25) is 9.78 Å². The summed E-state index contributed by atoms with van der Waals surface area (Å²) < 4.78 is 0. The molecule has 7 nitrogen and oxygen atoms in total. The quantitative estimate of drug-likeness (QED) is 0.737. The van der Waals surface area contributed by atoms with Crippen molar-refractivity contribution in [3.05, 3.63) is 78.4 Å². The lowest BCUT2D eigenvalue weighted by Crippen LogP contribution is -2.47. The molecule has 4 rings (SSSR count). The van der Waals surface area contributed by atoms with Crippen LogP contribution in [0.3, 0.4) is 0 Å². The van der Waals surface area contributed by atoms with Gasteiger partial charge in [-0.05, 0) is 23.8 Å². The number of aromatic nitrogens is 3. The van der Waals surface area contributed by atoms with E-state index in [1.807, 2.05) is 48.5 Å². The third-order valence-electron chi connectivity index (χ3n) is 4.75. The molecule has 0 bridgehead atoms. The number of anilines is 2. The normalized spacial score (nSPS) is 14.0. The third kappa shape index (κ3) is 4.25. The second-order valence-electron chi connectivity index (χ2n) is 6.59. The molecule has 0 unspecified atom stereocenters. The number of benzene rings is 1. The topological polar surface area (TPSA) is 74.2 Å². The molecular weight excluding hydrogens is 352 g/mol. The highest BCUT2D eigenvalue weighted by Crippen LogP contribution is 2.18. The van der Waals surface area contributed by atoms with E-state index in [-0.39, 0.29) is 5.91 Å². The van der Waals surface area contributed by atoms with Crippen molar-refractivity contribution in [3.63, 3.8) is 0 Å². The van der Waals surface area contributed by atoms with Crippen molar-refractivity contribution in [2.45, 2.75) is 6.54 Å². The lowest BCUT2D eigenvalue weighted by atomic mass is 10.2. The Kier molecular flexibility index (Phi) is 5.42. The molecule has 1 saturated heterocycles. The van der Waals surface area contributed by atoms with Crippen molar-refractivity contribution < 1.29 is 4.79 Å². The average Bonchev–Trinajstić information content (AvgIpc) is 2.79. The van der Waals surface area contributed by atoms with E-state index in [9.17, 15) is 4.79 Å². The molecule has 3 heterocycles. The summed E-state index contributed by atoms with van der Waals surface area (Å²) in [5, 5.41) is 2.93. The van der Waals surface area contributed by atoms with Crippen LogP contribution in [0.4, 0.5) is 11.6 Å². The molecule has 142 valence electrons. The zero-order valence-corrected chi connectivity index (χ0v) is 15.5. The van der Waals surface area contributed by atoms with Crippen molar-refractivity contribution in [2.24, 2.45) is 0 Å². The van der Waals surface area contributed by atoms with Crippen molar-refractivity contribution in [3.8, 4) is 0 Å². The number of carbonyl (C=O) groups excluding carboxylic acids is 1. The van der Waals surface area contributed by atoms with Crippen LogP contribution in [0.15, 0.2) is 67.1 Å². The van der Waals surface area contributed by atoms with Gasteiger partial charge in [0.1, 0.15) is 5.69 Å². The first-order valence-corrected chi connectivity index (χ1v) is 9.35. The van der Waals surface area contributed by atoms with Gasteiger partial charge in [0.2, 0.25) is 5.95 Å². The monoisotopic (exact) mass is 374 g/mol. The molecule has 1 aliphatic rings. The molecule has 2 aromatic heterocycles. The van der Waals surface area contributed by atoms with E-state index in [1.54, 1.807) is 18.6 Å². The summed E-state index contributed by atoms with van der Waals surface area (Å²) in [5.74, 6) is 0.597. The van der Waals surface area contributed by atoms with E-state index in [2.05, 4.69) is 30.1 Å². The number of amides is 1. The Bertz CT molecular complexity index is 910. The fraction of sp³-hybridized carbons (Fsp3) is 0.238. The second kappa shape index (κ2) is 8.47. The van der Waals surface area contributed by atoms with Crippen LogP contribution >= 0.6 is 0 Å². The van der Waals surface area contributed by atoms with Gasteiger partial charge < -0.3 is 15.1 Å². The molecule has 1 N–H and O–H groups in total. The molecule has 7 heteroatoms. The highest BCUT2D eigenvalue weighted by molar-refractivity contribution is 5.93. The van der Waals surface area contributed by atoms with Gasteiger partial charge in [-0.1, -0.05) is 30.3 Å². The van der Waals surface area contributed by atoms with E-state index in [0.717, 1.165) is 43.4 Å². The van der Waals surface area contributed by atoms with Gasteiger partial charge in [0.25, 0.3) is 5.91 Å². The Balaban J connectivity index is 1.37. The van der Waals surface area contributed by atoms with Crippen LogP contribution in [0.2, 0.25) is 0 Å². The molecule has 0 radical (unpaired) electrons. The summed E-state index contributed by atoms with van der Waals surface area (Å²) in [4.78, 5) is 29.8. The number of piperazine rings is 1. The van der Waals surface area contributed by atoms with Crippen molar-refractivity contribution in [1.29, 1.82) is 0 Å². The molecule has 0 saturated carbocycles. The number of pyridine rings is 1. The van der Waals surface area contributed by atoms with E-state index >= 15 is 0 Å². The van der Waals surface area contributed by atoms with Gasteiger partial charge in [-0.2, -0.15) is 0 Å². The molecular formula is C21H22N6O. The Morgan fingerprint density at radius 1 is 0.857 bits per heavy atom. The predicted octanol–water partition coefficient (Wildman–Crippen LogP) is 2.13. The van der Waals surface area contributed by atoms with Crippen molar-refractivity contribution >= 4 is 17.5 Å². The number of carbonyl (C=O) groups is 1. The summed E-state index contributed by atoms with van der Waals surface area (Å²) in [6.45, 7) is 3.84. The van der Waals surface area contributed by atoms with Gasteiger partial charge in [-0.15, -0.1) is 0 Å². The van der Waals surface area contributed by atoms with E-state index in [0.29, 0.717) is 12.2 Å². The van der Waals surface area contributed by atoms with E-state index in [4.69, 9.17) is 0 Å². The SMILES string of the molecule is O=C(NCc1ccccc1)c1cc(N2CCN(c3ncccn3)CC2)ccn1. The zero-order chi connectivity index (χ0) is 19.2. The Morgan fingerprint density at radius 3 is 2.32 bits per heavy atom. The van der Waals surface area contributed by atoms with Gasteiger partial charge in [0.05, 0.1) is 0 Å². The molecule has 1 fully saturated rings. The number of rotatable bonds is 5. The van der Waals surface area contributed by atoms with Crippen molar-refractivity contribution in [2.75, 3.05) is 36.0 Å².